The van der Waals surface area contributed by atoms with Crippen LogP contribution in [0.2, 0.25) is 0 Å². The Kier molecular flexibility index (Phi) is 9.54. The average Bonchev–Trinajstić information content (AvgIpc) is 2.92. The van der Waals surface area contributed by atoms with Gasteiger partial charge in [-0.15, -0.1) is 0 Å². The van der Waals surface area contributed by atoms with Gasteiger partial charge in [-0.05, 0) is 30.7 Å². The molecule has 0 saturated carbocycles. The maximum Gasteiger partial charge on any atom is 0.485 e. The molecule has 0 aliphatic rings. The molecule has 0 saturated heterocycles. The minimum Gasteiger partial charge on any atom is -0.741 e. The molecule has 11 nitrogen and oxygen atoms in total. The Morgan fingerprint density at radius 2 is 1.36 bits per heavy atom. The van der Waals surface area contributed by atoms with E-state index in [1.807, 2.05) is 67.1 Å². The number of amides is 1. The van der Waals surface area contributed by atoms with Crippen molar-refractivity contribution in [2.75, 3.05) is 6.54 Å². The summed E-state index contributed by atoms with van der Waals surface area (Å²) in [7, 11) is -8.44. The highest BCUT2D eigenvalue weighted by atomic mass is 32.2. The van der Waals surface area contributed by atoms with Crippen LogP contribution in [0.1, 0.15) is 30.1 Å². The van der Waals surface area contributed by atoms with Crippen LogP contribution in [0.3, 0.4) is 0 Å². The lowest BCUT2D eigenvalue weighted by atomic mass is 10.0. The van der Waals surface area contributed by atoms with Crippen molar-refractivity contribution in [3.05, 3.63) is 88.5 Å². The molecule has 0 spiro atoms. The predicted molar refractivity (Wildman–Crippen MR) is 145 cm³/mol. The third-order valence-electron chi connectivity index (χ3n) is 6.14. The second-order valence-electron chi connectivity index (χ2n) is 8.86. The van der Waals surface area contributed by atoms with Gasteiger partial charge in [-0.25, -0.2) is 21.1 Å². The smallest absolute Gasteiger partial charge is 0.485 e. The van der Waals surface area contributed by atoms with E-state index < -0.39 is 36.5 Å². The molecule has 0 atom stereocenters. The van der Waals surface area contributed by atoms with E-state index in [1.54, 1.807) is 0 Å². The zero-order chi connectivity index (χ0) is 31.5. The molecular formula is C26H24F3N3O8S2. The van der Waals surface area contributed by atoms with Crippen LogP contribution in [0, 0.1) is 10.1 Å². The Balaban J connectivity index is 0.000000531. The number of para-hydroxylation sites is 2. The number of carbonyl (C=O) groups excluding carboxylic acids is 1. The first-order valence-electron chi connectivity index (χ1n) is 12.2. The molecule has 0 aliphatic carbocycles. The molecule has 1 amide bonds. The van der Waals surface area contributed by atoms with Gasteiger partial charge in [-0.3, -0.25) is 14.9 Å². The number of halogens is 3. The van der Waals surface area contributed by atoms with Crippen molar-refractivity contribution in [2.45, 2.75) is 30.2 Å². The van der Waals surface area contributed by atoms with Crippen molar-refractivity contribution in [3.8, 4) is 0 Å². The van der Waals surface area contributed by atoms with Crippen LogP contribution in [0.4, 0.5) is 18.9 Å². The number of pyridine rings is 1. The van der Waals surface area contributed by atoms with E-state index in [1.165, 1.54) is 12.1 Å². The van der Waals surface area contributed by atoms with Gasteiger partial charge < -0.3 is 4.55 Å². The fourth-order valence-electron chi connectivity index (χ4n) is 4.08. The third kappa shape index (κ3) is 6.66. The second-order valence-corrected chi connectivity index (χ2v) is 12.1. The van der Waals surface area contributed by atoms with Crippen LogP contribution in [-0.2, 0) is 27.2 Å². The molecular weight excluding hydrogens is 603 g/mol. The number of alkyl halides is 3. The Morgan fingerprint density at radius 1 is 0.905 bits per heavy atom. The summed E-state index contributed by atoms with van der Waals surface area (Å²) in [4.78, 5) is 24.2. The fraction of sp³-hybridized carbons (Fsp3) is 0.231. The summed E-state index contributed by atoms with van der Waals surface area (Å²) >= 11 is 0. The number of aromatic nitrogens is 1. The molecule has 4 aromatic rings. The molecule has 0 radical (unpaired) electrons. The topological polar surface area (TPSA) is 159 Å². The number of aryl methyl sites for hydroxylation is 1. The van der Waals surface area contributed by atoms with E-state index in [0.717, 1.165) is 27.5 Å². The number of rotatable bonds is 7. The van der Waals surface area contributed by atoms with Gasteiger partial charge >= 0.3 is 5.51 Å². The number of sulfonamides is 1. The molecule has 3 aromatic carbocycles. The van der Waals surface area contributed by atoms with E-state index in [4.69, 9.17) is 13.0 Å². The quantitative estimate of drug-likeness (QED) is 0.0728. The van der Waals surface area contributed by atoms with Gasteiger partial charge in [0.1, 0.15) is 7.05 Å². The minimum absolute atomic E-state index is 0.00166. The number of carbonyl (C=O) groups is 1. The summed E-state index contributed by atoms with van der Waals surface area (Å²) < 4.78 is 89.0. The summed E-state index contributed by atoms with van der Waals surface area (Å²) in [5, 5.41) is 12.3. The van der Waals surface area contributed by atoms with Crippen LogP contribution in [0.15, 0.2) is 77.7 Å². The number of nitrogens with zero attached hydrogens (tertiary/aromatic N) is 3. The van der Waals surface area contributed by atoms with Crippen molar-refractivity contribution in [1.29, 1.82) is 0 Å². The van der Waals surface area contributed by atoms with E-state index in [-0.39, 0.29) is 17.1 Å². The Labute approximate surface area is 238 Å². The Hall–Kier alpha value is -4.15. The molecule has 0 aliphatic heterocycles. The molecule has 4 rings (SSSR count). The predicted octanol–water partition coefficient (Wildman–Crippen LogP) is 4.41. The lowest BCUT2D eigenvalue weighted by Crippen LogP contribution is -2.39. The zero-order valence-corrected chi connectivity index (χ0v) is 23.7. The van der Waals surface area contributed by atoms with Crippen LogP contribution in [-0.4, -0.2) is 48.6 Å². The Bertz CT molecular complexity index is 1810. The zero-order valence-electron chi connectivity index (χ0n) is 22.1. The summed E-state index contributed by atoms with van der Waals surface area (Å²) in [6.07, 6.45) is 1.17. The molecule has 0 bridgehead atoms. The number of unbranched alkanes of at least 4 members (excludes halogenated alkanes) is 1. The minimum atomic E-state index is -6.09. The largest absolute Gasteiger partial charge is 0.741 e. The van der Waals surface area contributed by atoms with Crippen molar-refractivity contribution in [2.24, 2.45) is 7.05 Å². The van der Waals surface area contributed by atoms with Gasteiger partial charge in [0.05, 0.1) is 26.2 Å². The van der Waals surface area contributed by atoms with Crippen molar-refractivity contribution < 1.29 is 48.8 Å². The first kappa shape index (κ1) is 32.4. The van der Waals surface area contributed by atoms with Gasteiger partial charge in [0.25, 0.3) is 21.6 Å². The standard InChI is InChI=1S/C25H24N3O5S.CHF3O3S/c1-3-4-17-27(34(32,33)19-15-13-18(14-16-19)28(30)31)25(29)24-20-9-5-7-11-22(20)26(2)23-12-8-6-10-21(23)24;2-1(3,4)8(5,6)7/h5-16H,3-4,17H2,1-2H3;(H,5,6,7)/q+1;/p-1. The van der Waals surface area contributed by atoms with Gasteiger partial charge in [0.15, 0.2) is 10.1 Å². The number of hydrogen-bond donors (Lipinski definition) is 0. The Morgan fingerprint density at radius 3 is 1.76 bits per heavy atom. The number of nitro benzene ring substituents is 1. The van der Waals surface area contributed by atoms with Crippen LogP contribution in [0.5, 0.6) is 0 Å². The number of benzene rings is 3. The summed E-state index contributed by atoms with van der Waals surface area (Å²) in [6, 6.07) is 19.4. The normalized spacial score (nSPS) is 12.0. The maximum atomic E-state index is 14.0. The fourth-order valence-corrected chi connectivity index (χ4v) is 5.50. The lowest BCUT2D eigenvalue weighted by molar-refractivity contribution is -0.617. The van der Waals surface area contributed by atoms with E-state index in [0.29, 0.717) is 29.2 Å². The van der Waals surface area contributed by atoms with E-state index in [2.05, 4.69) is 0 Å². The molecule has 0 N–H and O–H groups in total. The molecule has 0 unspecified atom stereocenters. The third-order valence-corrected chi connectivity index (χ3v) is 8.51. The van der Waals surface area contributed by atoms with E-state index in [9.17, 15) is 36.5 Å². The van der Waals surface area contributed by atoms with Crippen LogP contribution < -0.4 is 4.57 Å². The average molecular weight is 628 g/mol. The highest BCUT2D eigenvalue weighted by Gasteiger charge is 2.37. The molecule has 224 valence electrons. The van der Waals surface area contributed by atoms with Gasteiger partial charge in [0, 0.05) is 30.8 Å². The van der Waals surface area contributed by atoms with Gasteiger partial charge in [-0.1, -0.05) is 37.6 Å². The van der Waals surface area contributed by atoms with Gasteiger partial charge in [0.2, 0.25) is 11.0 Å². The first-order chi connectivity index (χ1) is 19.5. The summed E-state index contributed by atoms with van der Waals surface area (Å²) in [6.45, 7) is 1.91. The van der Waals surface area contributed by atoms with Crippen LogP contribution >= 0.6 is 0 Å². The second kappa shape index (κ2) is 12.4. The van der Waals surface area contributed by atoms with Crippen LogP contribution in [0.25, 0.3) is 21.8 Å². The monoisotopic (exact) mass is 627 g/mol. The van der Waals surface area contributed by atoms with Gasteiger partial charge in [-0.2, -0.15) is 17.7 Å². The highest BCUT2D eigenvalue weighted by Crippen LogP contribution is 2.29. The molecule has 42 heavy (non-hydrogen) atoms. The maximum absolute atomic E-state index is 14.0. The number of fused-ring (bicyclic) bond motifs is 2. The molecule has 0 fully saturated rings. The lowest BCUT2D eigenvalue weighted by Gasteiger charge is -2.23. The van der Waals surface area contributed by atoms with Crippen molar-refractivity contribution in [1.82, 2.24) is 4.31 Å². The molecule has 1 heterocycles. The van der Waals surface area contributed by atoms with Crippen molar-refractivity contribution in [3.63, 3.8) is 0 Å². The SMILES string of the molecule is CCCCN(C(=O)c1c2ccccc2[n+](C)c2ccccc12)S(=O)(=O)c1ccc([N+](=O)[O-])cc1.O=S(=O)([O-])C(F)(F)F. The number of hydrogen-bond acceptors (Lipinski definition) is 8. The number of nitro groups is 1. The summed E-state index contributed by atoms with van der Waals surface area (Å²) in [5.41, 5.74) is -3.96. The molecule has 16 heteroatoms. The number of non-ortho nitro benzene ring substituents is 1. The van der Waals surface area contributed by atoms with E-state index >= 15 is 0 Å². The summed E-state index contributed by atoms with van der Waals surface area (Å²) in [5.74, 6) is -0.625. The first-order valence-corrected chi connectivity index (χ1v) is 15.0. The highest BCUT2D eigenvalue weighted by molar-refractivity contribution is 7.89. The van der Waals surface area contributed by atoms with Crippen molar-refractivity contribution >= 4 is 53.5 Å². The molecule has 1 aromatic heterocycles.